The lowest BCUT2D eigenvalue weighted by molar-refractivity contribution is -0.133. The topological polar surface area (TPSA) is 64.2 Å². The molecule has 0 radical (unpaired) electrons. The van der Waals surface area contributed by atoms with E-state index >= 15 is 0 Å². The van der Waals surface area contributed by atoms with Crippen LogP contribution in [0.2, 0.25) is 0 Å². The number of rotatable bonds is 8. The van der Waals surface area contributed by atoms with Crippen LogP contribution in [0.3, 0.4) is 0 Å². The summed E-state index contributed by atoms with van der Waals surface area (Å²) in [4.78, 5) is 18.6. The smallest absolute Gasteiger partial charge is 0.237 e. The van der Waals surface area contributed by atoms with Gasteiger partial charge in [0.15, 0.2) is 0 Å². The Bertz CT molecular complexity index is 671. The van der Waals surface area contributed by atoms with E-state index in [1.165, 1.54) is 9.87 Å². The Hall–Kier alpha value is -1.48. The zero-order valence-electron chi connectivity index (χ0n) is 16.0. The third kappa shape index (κ3) is 6.68. The first-order chi connectivity index (χ1) is 12.3. The molecule has 1 aromatic carbocycles. The van der Waals surface area contributed by atoms with E-state index in [4.69, 9.17) is 0 Å². The van der Waals surface area contributed by atoms with Crippen LogP contribution in [-0.4, -0.2) is 99.5 Å². The van der Waals surface area contributed by atoms with E-state index in [0.29, 0.717) is 26.2 Å². The number of amides is 1. The van der Waals surface area contributed by atoms with Crippen LogP contribution in [-0.2, 0) is 21.4 Å². The van der Waals surface area contributed by atoms with Crippen LogP contribution in [0.25, 0.3) is 0 Å². The lowest BCUT2D eigenvalue weighted by atomic mass is 10.2. The maximum absolute atomic E-state index is 12.6. The highest BCUT2D eigenvalue weighted by Crippen LogP contribution is 2.09. The summed E-state index contributed by atoms with van der Waals surface area (Å²) >= 11 is 0. The molecule has 1 heterocycles. The quantitative estimate of drug-likeness (QED) is 0.641. The van der Waals surface area contributed by atoms with Gasteiger partial charge in [-0.25, -0.2) is 8.42 Å². The first-order valence-corrected chi connectivity index (χ1v) is 10.7. The minimum Gasteiger partial charge on any atom is -0.339 e. The molecule has 146 valence electrons. The number of carbonyl (C=O) groups is 1. The van der Waals surface area contributed by atoms with Crippen LogP contribution in [0, 0.1) is 0 Å². The van der Waals surface area contributed by atoms with E-state index in [1.807, 2.05) is 37.2 Å². The van der Waals surface area contributed by atoms with Gasteiger partial charge in [0.25, 0.3) is 0 Å². The van der Waals surface area contributed by atoms with Crippen LogP contribution < -0.4 is 0 Å². The summed E-state index contributed by atoms with van der Waals surface area (Å²) in [7, 11) is 0.369. The Morgan fingerprint density at radius 2 is 1.65 bits per heavy atom. The second-order valence-corrected chi connectivity index (χ2v) is 9.02. The summed E-state index contributed by atoms with van der Waals surface area (Å²) in [6.45, 7) is 4.59. The normalized spacial score (nSPS) is 16.4. The lowest BCUT2D eigenvalue weighted by Gasteiger charge is -2.35. The van der Waals surface area contributed by atoms with Crippen LogP contribution in [0.15, 0.2) is 30.3 Å². The standard InChI is InChI=1S/C18H30N4O3S/c1-19(2)9-14-22(26(3,24)25)16-18(23)21-12-10-20(11-13-21)15-17-7-5-4-6-8-17/h4-8H,9-16H2,1-3H3. The van der Waals surface area contributed by atoms with Crippen molar-refractivity contribution >= 4 is 15.9 Å². The van der Waals surface area contributed by atoms with Gasteiger partial charge < -0.3 is 9.80 Å². The SMILES string of the molecule is CN(C)CCN(CC(=O)N1CCN(Cc2ccccc2)CC1)S(C)(=O)=O. The molecule has 0 N–H and O–H groups in total. The molecule has 1 aliphatic heterocycles. The third-order valence-electron chi connectivity index (χ3n) is 4.55. The molecule has 26 heavy (non-hydrogen) atoms. The van der Waals surface area contributed by atoms with Crippen molar-refractivity contribution in [1.82, 2.24) is 19.0 Å². The van der Waals surface area contributed by atoms with E-state index in [1.54, 1.807) is 4.90 Å². The molecule has 0 saturated carbocycles. The Morgan fingerprint density at radius 3 is 2.19 bits per heavy atom. The summed E-state index contributed by atoms with van der Waals surface area (Å²) < 4.78 is 25.2. The molecule has 1 amide bonds. The summed E-state index contributed by atoms with van der Waals surface area (Å²) in [6.07, 6.45) is 1.16. The van der Waals surface area contributed by atoms with Crippen LogP contribution in [0.5, 0.6) is 0 Å². The first kappa shape index (κ1) is 20.8. The third-order valence-corrected chi connectivity index (χ3v) is 5.80. The number of hydrogen-bond acceptors (Lipinski definition) is 5. The monoisotopic (exact) mass is 382 g/mol. The predicted octanol–water partition coefficient (Wildman–Crippen LogP) is 0.154. The molecule has 0 aromatic heterocycles. The molecule has 0 spiro atoms. The second kappa shape index (κ2) is 9.45. The highest BCUT2D eigenvalue weighted by atomic mass is 32.2. The lowest BCUT2D eigenvalue weighted by Crippen LogP contribution is -2.51. The zero-order chi connectivity index (χ0) is 19.2. The van der Waals surface area contributed by atoms with Crippen LogP contribution in [0.1, 0.15) is 5.56 Å². The molecule has 0 atom stereocenters. The van der Waals surface area contributed by atoms with Crippen molar-refractivity contribution in [3.8, 4) is 0 Å². The Kier molecular flexibility index (Phi) is 7.57. The van der Waals surface area contributed by atoms with E-state index in [2.05, 4.69) is 17.0 Å². The molecule has 0 unspecified atom stereocenters. The van der Waals surface area contributed by atoms with Crippen molar-refractivity contribution < 1.29 is 13.2 Å². The molecule has 1 saturated heterocycles. The van der Waals surface area contributed by atoms with Crippen molar-refractivity contribution in [1.29, 1.82) is 0 Å². The zero-order valence-corrected chi connectivity index (χ0v) is 16.8. The maximum atomic E-state index is 12.6. The minimum atomic E-state index is -3.40. The van der Waals surface area contributed by atoms with Gasteiger partial charge >= 0.3 is 0 Å². The van der Waals surface area contributed by atoms with Gasteiger partial charge in [0.05, 0.1) is 12.8 Å². The summed E-state index contributed by atoms with van der Waals surface area (Å²) in [6, 6.07) is 10.3. The van der Waals surface area contributed by atoms with Gasteiger partial charge in [0, 0.05) is 45.8 Å². The molecule has 1 aliphatic rings. The van der Waals surface area contributed by atoms with Gasteiger partial charge in [-0.2, -0.15) is 4.31 Å². The number of benzene rings is 1. The highest BCUT2D eigenvalue weighted by Gasteiger charge is 2.26. The summed E-state index contributed by atoms with van der Waals surface area (Å²) in [5.74, 6) is -0.117. The Morgan fingerprint density at radius 1 is 1.04 bits per heavy atom. The van der Waals surface area contributed by atoms with Gasteiger partial charge in [-0.3, -0.25) is 9.69 Å². The van der Waals surface area contributed by atoms with Crippen molar-refractivity contribution in [2.75, 3.05) is 66.2 Å². The molecule has 7 nitrogen and oxygen atoms in total. The Balaban J connectivity index is 1.84. The molecule has 1 aromatic rings. The average molecular weight is 383 g/mol. The van der Waals surface area contributed by atoms with Gasteiger partial charge in [-0.05, 0) is 19.7 Å². The molecule has 2 rings (SSSR count). The number of piperazine rings is 1. The number of likely N-dealkylation sites (N-methyl/N-ethyl adjacent to an activating group) is 1. The number of nitrogens with zero attached hydrogens (tertiary/aromatic N) is 4. The maximum Gasteiger partial charge on any atom is 0.237 e. The second-order valence-electron chi connectivity index (χ2n) is 7.04. The van der Waals surface area contributed by atoms with Gasteiger partial charge in [-0.15, -0.1) is 0 Å². The number of hydrogen-bond donors (Lipinski definition) is 0. The molecule has 8 heteroatoms. The van der Waals surface area contributed by atoms with Crippen LogP contribution in [0.4, 0.5) is 0 Å². The highest BCUT2D eigenvalue weighted by molar-refractivity contribution is 7.88. The largest absolute Gasteiger partial charge is 0.339 e. The summed E-state index contributed by atoms with van der Waals surface area (Å²) in [5.41, 5.74) is 1.26. The minimum absolute atomic E-state index is 0.0780. The van der Waals surface area contributed by atoms with E-state index in [0.717, 1.165) is 25.9 Å². The average Bonchev–Trinajstić information content (AvgIpc) is 2.58. The van der Waals surface area contributed by atoms with E-state index < -0.39 is 10.0 Å². The molecule has 0 bridgehead atoms. The van der Waals surface area contributed by atoms with Crippen LogP contribution >= 0.6 is 0 Å². The molecular formula is C18H30N4O3S. The predicted molar refractivity (Wildman–Crippen MR) is 103 cm³/mol. The first-order valence-electron chi connectivity index (χ1n) is 8.89. The van der Waals surface area contributed by atoms with Crippen molar-refractivity contribution in [3.63, 3.8) is 0 Å². The van der Waals surface area contributed by atoms with Crippen molar-refractivity contribution in [3.05, 3.63) is 35.9 Å². The Labute approximate surface area is 157 Å². The number of sulfonamides is 1. The molecular weight excluding hydrogens is 352 g/mol. The fraction of sp³-hybridized carbons (Fsp3) is 0.611. The summed E-state index contributed by atoms with van der Waals surface area (Å²) in [5, 5.41) is 0. The van der Waals surface area contributed by atoms with Gasteiger partial charge in [0.1, 0.15) is 0 Å². The van der Waals surface area contributed by atoms with E-state index in [-0.39, 0.29) is 12.5 Å². The fourth-order valence-corrected chi connectivity index (χ4v) is 3.68. The molecule has 0 aliphatic carbocycles. The molecule has 1 fully saturated rings. The number of carbonyl (C=O) groups excluding carboxylic acids is 1. The van der Waals surface area contributed by atoms with Crippen molar-refractivity contribution in [2.45, 2.75) is 6.54 Å². The van der Waals surface area contributed by atoms with Gasteiger partial charge in [-0.1, -0.05) is 30.3 Å². The van der Waals surface area contributed by atoms with Crippen molar-refractivity contribution in [2.24, 2.45) is 0 Å². The van der Waals surface area contributed by atoms with E-state index in [9.17, 15) is 13.2 Å². The van der Waals surface area contributed by atoms with Gasteiger partial charge in [0.2, 0.25) is 15.9 Å². The fourth-order valence-electron chi connectivity index (χ4n) is 2.92.